The molecule has 1 atom stereocenters. The van der Waals surface area contributed by atoms with Crippen LogP contribution in [0.2, 0.25) is 0 Å². The molecule has 1 N–H and O–H groups in total. The average molecular weight is 360 g/mol. The van der Waals surface area contributed by atoms with Gasteiger partial charge in [-0.3, -0.25) is 4.79 Å². The Morgan fingerprint density at radius 3 is 2.35 bits per heavy atom. The fourth-order valence-electron chi connectivity index (χ4n) is 2.69. The second-order valence-corrected chi connectivity index (χ2v) is 6.16. The molecular weight excluding hydrogens is 335 g/mol. The minimum absolute atomic E-state index is 0.0984. The highest BCUT2D eigenvalue weighted by atomic mass is 19.1. The summed E-state index contributed by atoms with van der Waals surface area (Å²) < 4.78 is 23.8. The Morgan fingerprint density at radius 2 is 1.81 bits per heavy atom. The number of methoxy groups -OCH3 is 2. The molecule has 2 aromatic carbocycles. The summed E-state index contributed by atoms with van der Waals surface area (Å²) in [6, 6.07) is 12.2. The van der Waals surface area contributed by atoms with Gasteiger partial charge in [-0.25, -0.2) is 4.39 Å². The minimum atomic E-state index is -0.539. The van der Waals surface area contributed by atoms with Crippen LogP contribution in [0.15, 0.2) is 42.5 Å². The highest BCUT2D eigenvalue weighted by Gasteiger charge is 2.15. The van der Waals surface area contributed by atoms with Gasteiger partial charge >= 0.3 is 0 Å². The van der Waals surface area contributed by atoms with Crippen LogP contribution in [-0.4, -0.2) is 52.1 Å². The van der Waals surface area contributed by atoms with Crippen molar-refractivity contribution in [2.75, 3.05) is 41.4 Å². The van der Waals surface area contributed by atoms with Crippen molar-refractivity contribution in [1.29, 1.82) is 0 Å². The summed E-state index contributed by atoms with van der Waals surface area (Å²) in [5, 5.41) is 3.16. The fraction of sp³-hybridized carbons (Fsp3) is 0.350. The van der Waals surface area contributed by atoms with E-state index in [0.717, 1.165) is 11.3 Å². The molecule has 0 heterocycles. The van der Waals surface area contributed by atoms with Crippen LogP contribution in [0.25, 0.3) is 0 Å². The Hall–Kier alpha value is -2.44. The molecule has 0 aromatic heterocycles. The molecule has 6 heteroatoms. The van der Waals surface area contributed by atoms with E-state index < -0.39 is 5.82 Å². The summed E-state index contributed by atoms with van der Waals surface area (Å²) in [5.41, 5.74) is 1.44. The Balaban J connectivity index is 1.96. The van der Waals surface area contributed by atoms with Crippen molar-refractivity contribution in [3.8, 4) is 11.5 Å². The molecule has 1 unspecified atom stereocenters. The number of ketones is 1. The molecule has 5 nitrogen and oxygen atoms in total. The molecule has 0 aliphatic carbocycles. The lowest BCUT2D eigenvalue weighted by atomic mass is 10.1. The van der Waals surface area contributed by atoms with Crippen LogP contribution >= 0.6 is 0 Å². The summed E-state index contributed by atoms with van der Waals surface area (Å²) >= 11 is 0. The van der Waals surface area contributed by atoms with E-state index in [4.69, 9.17) is 9.47 Å². The highest BCUT2D eigenvalue weighted by molar-refractivity contribution is 5.97. The first-order valence-electron chi connectivity index (χ1n) is 8.34. The second-order valence-electron chi connectivity index (χ2n) is 6.16. The molecule has 0 aliphatic heterocycles. The lowest BCUT2D eigenvalue weighted by Crippen LogP contribution is -2.33. The summed E-state index contributed by atoms with van der Waals surface area (Å²) in [4.78, 5) is 14.3. The third kappa shape index (κ3) is 5.03. The number of rotatable bonds is 9. The summed E-state index contributed by atoms with van der Waals surface area (Å²) in [6.45, 7) is 0.718. The maximum atomic E-state index is 13.7. The molecular formula is C20H25FN2O3. The van der Waals surface area contributed by atoms with Gasteiger partial charge in [-0.05, 0) is 50.0 Å². The van der Waals surface area contributed by atoms with Crippen molar-refractivity contribution in [1.82, 2.24) is 10.2 Å². The van der Waals surface area contributed by atoms with Gasteiger partial charge in [0, 0.05) is 18.2 Å². The van der Waals surface area contributed by atoms with Crippen molar-refractivity contribution in [3.05, 3.63) is 59.4 Å². The number of benzene rings is 2. The highest BCUT2D eigenvalue weighted by Crippen LogP contribution is 2.21. The molecule has 140 valence electrons. The summed E-state index contributed by atoms with van der Waals surface area (Å²) in [7, 11) is 6.99. The van der Waals surface area contributed by atoms with Crippen LogP contribution in [0.1, 0.15) is 22.0 Å². The van der Waals surface area contributed by atoms with E-state index in [1.165, 1.54) is 19.2 Å². The third-order valence-electron chi connectivity index (χ3n) is 4.22. The Kier molecular flexibility index (Phi) is 7.12. The number of nitrogens with one attached hydrogen (secondary N) is 1. The second kappa shape index (κ2) is 9.31. The SMILES string of the molecule is COc1ccc(C(CNCC(=O)c2ccc(OC)c(F)c2)N(C)C)cc1. The molecule has 0 aliphatic rings. The standard InChI is InChI=1S/C20H25FN2O3/c1-23(2)18(14-5-8-16(25-3)9-6-14)12-22-13-19(24)15-7-10-20(26-4)17(21)11-15/h5-11,18,22H,12-13H2,1-4H3. The lowest BCUT2D eigenvalue weighted by Gasteiger charge is -2.25. The smallest absolute Gasteiger partial charge is 0.176 e. The minimum Gasteiger partial charge on any atom is -0.497 e. The van der Waals surface area contributed by atoms with E-state index in [-0.39, 0.29) is 24.1 Å². The maximum absolute atomic E-state index is 13.7. The number of likely N-dealkylation sites (N-methyl/N-ethyl adjacent to an activating group) is 1. The zero-order valence-electron chi connectivity index (χ0n) is 15.6. The third-order valence-corrected chi connectivity index (χ3v) is 4.22. The summed E-state index contributed by atoms with van der Waals surface area (Å²) in [6.07, 6.45) is 0. The lowest BCUT2D eigenvalue weighted by molar-refractivity contribution is 0.0988. The van der Waals surface area contributed by atoms with Gasteiger partial charge < -0.3 is 19.7 Å². The zero-order valence-corrected chi connectivity index (χ0v) is 15.6. The van der Waals surface area contributed by atoms with Gasteiger partial charge in [0.2, 0.25) is 0 Å². The predicted molar refractivity (Wildman–Crippen MR) is 99.6 cm³/mol. The van der Waals surface area contributed by atoms with Crippen LogP contribution in [0, 0.1) is 5.82 Å². The first-order valence-corrected chi connectivity index (χ1v) is 8.34. The quantitative estimate of drug-likeness (QED) is 0.697. The zero-order chi connectivity index (χ0) is 19.1. The number of hydrogen-bond acceptors (Lipinski definition) is 5. The fourth-order valence-corrected chi connectivity index (χ4v) is 2.69. The molecule has 2 rings (SSSR count). The molecule has 0 saturated heterocycles. The van der Waals surface area contributed by atoms with Crippen molar-refractivity contribution >= 4 is 5.78 Å². The van der Waals surface area contributed by atoms with Crippen LogP contribution in [-0.2, 0) is 0 Å². The van der Waals surface area contributed by atoms with Crippen molar-refractivity contribution < 1.29 is 18.7 Å². The van der Waals surface area contributed by atoms with E-state index >= 15 is 0 Å². The molecule has 2 aromatic rings. The summed E-state index contributed by atoms with van der Waals surface area (Å²) in [5.74, 6) is 0.221. The largest absolute Gasteiger partial charge is 0.497 e. The van der Waals surface area contributed by atoms with Gasteiger partial charge in [-0.2, -0.15) is 0 Å². The van der Waals surface area contributed by atoms with Gasteiger partial charge in [0.15, 0.2) is 17.3 Å². The van der Waals surface area contributed by atoms with Crippen molar-refractivity contribution in [2.45, 2.75) is 6.04 Å². The molecule has 26 heavy (non-hydrogen) atoms. The van der Waals surface area contributed by atoms with Gasteiger partial charge in [0.25, 0.3) is 0 Å². The molecule has 0 bridgehead atoms. The molecule has 0 fully saturated rings. The number of ether oxygens (including phenoxy) is 2. The molecule has 0 radical (unpaired) electrons. The Morgan fingerprint density at radius 1 is 1.12 bits per heavy atom. The van der Waals surface area contributed by atoms with Crippen LogP contribution in [0.5, 0.6) is 11.5 Å². The molecule has 0 saturated carbocycles. The molecule has 0 spiro atoms. The Labute approximate surface area is 153 Å². The van der Waals surface area contributed by atoms with E-state index in [9.17, 15) is 9.18 Å². The normalized spacial score (nSPS) is 12.1. The van der Waals surface area contributed by atoms with Crippen LogP contribution < -0.4 is 14.8 Å². The van der Waals surface area contributed by atoms with Gasteiger partial charge in [-0.1, -0.05) is 12.1 Å². The molecule has 0 amide bonds. The number of Topliss-reactive ketones (excluding diaryl/α,β-unsaturated/α-hetero) is 1. The van der Waals surface area contributed by atoms with Crippen LogP contribution in [0.3, 0.4) is 0 Å². The predicted octanol–water partition coefficient (Wildman–Crippen LogP) is 2.92. The monoisotopic (exact) mass is 360 g/mol. The number of halogens is 1. The number of hydrogen-bond donors (Lipinski definition) is 1. The first-order chi connectivity index (χ1) is 12.5. The van der Waals surface area contributed by atoms with Crippen molar-refractivity contribution in [2.24, 2.45) is 0 Å². The number of carbonyl (C=O) groups is 1. The van der Waals surface area contributed by atoms with E-state index in [2.05, 4.69) is 10.2 Å². The Bertz CT molecular complexity index is 732. The number of carbonyl (C=O) groups excluding carboxylic acids is 1. The average Bonchev–Trinajstić information content (AvgIpc) is 2.64. The van der Waals surface area contributed by atoms with Gasteiger partial charge in [0.1, 0.15) is 5.75 Å². The number of nitrogens with zero attached hydrogens (tertiary/aromatic N) is 1. The van der Waals surface area contributed by atoms with E-state index in [1.807, 2.05) is 38.4 Å². The van der Waals surface area contributed by atoms with Gasteiger partial charge in [0.05, 0.1) is 20.8 Å². The maximum Gasteiger partial charge on any atom is 0.176 e. The topological polar surface area (TPSA) is 50.8 Å². The van der Waals surface area contributed by atoms with Crippen molar-refractivity contribution in [3.63, 3.8) is 0 Å². The first kappa shape index (κ1) is 19.9. The van der Waals surface area contributed by atoms with E-state index in [1.54, 1.807) is 13.2 Å². The van der Waals surface area contributed by atoms with Gasteiger partial charge in [-0.15, -0.1) is 0 Å². The van der Waals surface area contributed by atoms with Crippen LogP contribution in [0.4, 0.5) is 4.39 Å². The van der Waals surface area contributed by atoms with E-state index in [0.29, 0.717) is 12.1 Å².